The molecule has 0 fully saturated rings. The fraction of sp³-hybridized carbons (Fsp3) is 0.294. The third-order valence-corrected chi connectivity index (χ3v) is 4.47. The molecule has 0 saturated carbocycles. The molecule has 2 aromatic rings. The van der Waals surface area contributed by atoms with E-state index in [1.165, 1.54) is 16.7 Å². The van der Waals surface area contributed by atoms with E-state index in [0.717, 1.165) is 12.0 Å². The third-order valence-electron chi connectivity index (χ3n) is 3.63. The number of aryl methyl sites for hydroxylation is 2. The van der Waals surface area contributed by atoms with Crippen LogP contribution in [0.3, 0.4) is 0 Å². The molecular formula is C17H19Cl2N. The number of halogens is 2. The Balaban J connectivity index is 2.34. The van der Waals surface area contributed by atoms with Crippen molar-refractivity contribution in [3.63, 3.8) is 0 Å². The van der Waals surface area contributed by atoms with Gasteiger partial charge in [0, 0.05) is 6.04 Å². The first-order valence-electron chi connectivity index (χ1n) is 6.70. The largest absolute Gasteiger partial charge is 0.313 e. The summed E-state index contributed by atoms with van der Waals surface area (Å²) >= 11 is 12.4. The predicted molar refractivity (Wildman–Crippen MR) is 87.9 cm³/mol. The van der Waals surface area contributed by atoms with Crippen LogP contribution in [-0.4, -0.2) is 7.05 Å². The van der Waals surface area contributed by atoms with Gasteiger partial charge in [0.2, 0.25) is 0 Å². The molecule has 0 radical (unpaired) electrons. The Kier molecular flexibility index (Phi) is 5.09. The second-order valence-electron chi connectivity index (χ2n) is 5.12. The predicted octanol–water partition coefficient (Wildman–Crippen LogP) is 5.11. The van der Waals surface area contributed by atoms with Crippen LogP contribution in [0.2, 0.25) is 10.0 Å². The monoisotopic (exact) mass is 307 g/mol. The zero-order valence-corrected chi connectivity index (χ0v) is 13.5. The molecule has 2 rings (SSSR count). The van der Waals surface area contributed by atoms with Gasteiger partial charge in [0.05, 0.1) is 10.0 Å². The highest BCUT2D eigenvalue weighted by Crippen LogP contribution is 2.31. The van der Waals surface area contributed by atoms with Crippen LogP contribution in [0.1, 0.15) is 28.3 Å². The molecular weight excluding hydrogens is 289 g/mol. The van der Waals surface area contributed by atoms with Crippen LogP contribution < -0.4 is 5.32 Å². The van der Waals surface area contributed by atoms with E-state index in [1.807, 2.05) is 25.2 Å². The minimum atomic E-state index is 0.154. The SMILES string of the molecule is CNC(Cc1cc(C)ccc1C)c1cccc(Cl)c1Cl. The summed E-state index contributed by atoms with van der Waals surface area (Å²) in [6, 6.07) is 12.5. The van der Waals surface area contributed by atoms with Gasteiger partial charge in [-0.3, -0.25) is 0 Å². The van der Waals surface area contributed by atoms with Gasteiger partial charge in [-0.1, -0.05) is 59.1 Å². The lowest BCUT2D eigenvalue weighted by Gasteiger charge is -2.20. The van der Waals surface area contributed by atoms with Gasteiger partial charge in [-0.05, 0) is 50.1 Å². The topological polar surface area (TPSA) is 12.0 Å². The van der Waals surface area contributed by atoms with Crippen molar-refractivity contribution < 1.29 is 0 Å². The lowest BCUT2D eigenvalue weighted by atomic mass is 9.95. The molecule has 106 valence electrons. The van der Waals surface area contributed by atoms with Gasteiger partial charge >= 0.3 is 0 Å². The van der Waals surface area contributed by atoms with Gasteiger partial charge in [-0.2, -0.15) is 0 Å². The van der Waals surface area contributed by atoms with Crippen molar-refractivity contribution in [2.24, 2.45) is 0 Å². The van der Waals surface area contributed by atoms with Crippen molar-refractivity contribution in [3.8, 4) is 0 Å². The van der Waals surface area contributed by atoms with E-state index in [-0.39, 0.29) is 6.04 Å². The van der Waals surface area contributed by atoms with Crippen LogP contribution >= 0.6 is 23.2 Å². The average Bonchev–Trinajstić information content (AvgIpc) is 2.43. The zero-order valence-electron chi connectivity index (χ0n) is 12.0. The van der Waals surface area contributed by atoms with E-state index in [4.69, 9.17) is 23.2 Å². The molecule has 0 amide bonds. The number of nitrogens with one attached hydrogen (secondary N) is 1. The fourth-order valence-corrected chi connectivity index (χ4v) is 2.84. The maximum atomic E-state index is 6.33. The van der Waals surface area contributed by atoms with Crippen LogP contribution in [-0.2, 0) is 6.42 Å². The Bertz CT molecular complexity index is 608. The quantitative estimate of drug-likeness (QED) is 0.827. The van der Waals surface area contributed by atoms with Gasteiger partial charge in [-0.15, -0.1) is 0 Å². The summed E-state index contributed by atoms with van der Waals surface area (Å²) in [6.07, 6.45) is 0.893. The van der Waals surface area contributed by atoms with Crippen LogP contribution in [0.25, 0.3) is 0 Å². The normalized spacial score (nSPS) is 12.4. The smallest absolute Gasteiger partial charge is 0.0640 e. The van der Waals surface area contributed by atoms with E-state index in [0.29, 0.717) is 10.0 Å². The molecule has 0 aliphatic heterocycles. The number of hydrogen-bond donors (Lipinski definition) is 1. The summed E-state index contributed by atoms with van der Waals surface area (Å²) in [6.45, 7) is 4.25. The second-order valence-corrected chi connectivity index (χ2v) is 5.90. The maximum Gasteiger partial charge on any atom is 0.0640 e. The van der Waals surface area contributed by atoms with Crippen molar-refractivity contribution >= 4 is 23.2 Å². The van der Waals surface area contributed by atoms with E-state index in [2.05, 4.69) is 37.4 Å². The van der Waals surface area contributed by atoms with E-state index in [9.17, 15) is 0 Å². The lowest BCUT2D eigenvalue weighted by Crippen LogP contribution is -2.19. The van der Waals surface area contributed by atoms with Crippen molar-refractivity contribution in [3.05, 3.63) is 68.7 Å². The summed E-state index contributed by atoms with van der Waals surface area (Å²) in [4.78, 5) is 0. The van der Waals surface area contributed by atoms with Gasteiger partial charge in [0.25, 0.3) is 0 Å². The van der Waals surface area contributed by atoms with Crippen molar-refractivity contribution in [2.75, 3.05) is 7.05 Å². The molecule has 0 aliphatic carbocycles. The minimum absolute atomic E-state index is 0.154. The van der Waals surface area contributed by atoms with Crippen molar-refractivity contribution in [1.82, 2.24) is 5.32 Å². The van der Waals surface area contributed by atoms with Crippen molar-refractivity contribution in [2.45, 2.75) is 26.3 Å². The van der Waals surface area contributed by atoms with E-state index < -0.39 is 0 Å². The first-order chi connectivity index (χ1) is 9.52. The van der Waals surface area contributed by atoms with Crippen molar-refractivity contribution in [1.29, 1.82) is 0 Å². The highest BCUT2D eigenvalue weighted by atomic mass is 35.5. The Hall–Kier alpha value is -1.02. The summed E-state index contributed by atoms with van der Waals surface area (Å²) in [7, 11) is 1.95. The summed E-state index contributed by atoms with van der Waals surface area (Å²) in [5.74, 6) is 0. The Morgan fingerprint density at radius 1 is 1.10 bits per heavy atom. The molecule has 0 aromatic heterocycles. The highest BCUT2D eigenvalue weighted by molar-refractivity contribution is 6.42. The first kappa shape index (κ1) is 15.4. The van der Waals surface area contributed by atoms with Crippen LogP contribution in [0.5, 0.6) is 0 Å². The number of rotatable bonds is 4. The van der Waals surface area contributed by atoms with E-state index in [1.54, 1.807) is 0 Å². The molecule has 0 heterocycles. The summed E-state index contributed by atoms with van der Waals surface area (Å²) in [5, 5.41) is 4.58. The average molecular weight is 308 g/mol. The van der Waals surface area contributed by atoms with Gasteiger partial charge in [0.15, 0.2) is 0 Å². The zero-order chi connectivity index (χ0) is 14.7. The summed E-state index contributed by atoms with van der Waals surface area (Å²) < 4.78 is 0. The molecule has 1 N–H and O–H groups in total. The second kappa shape index (κ2) is 6.62. The molecule has 0 spiro atoms. The maximum absolute atomic E-state index is 6.33. The molecule has 1 nitrogen and oxygen atoms in total. The van der Waals surface area contributed by atoms with Gasteiger partial charge in [-0.25, -0.2) is 0 Å². The number of benzene rings is 2. The first-order valence-corrected chi connectivity index (χ1v) is 7.46. The van der Waals surface area contributed by atoms with Gasteiger partial charge < -0.3 is 5.32 Å². The molecule has 1 atom stereocenters. The van der Waals surface area contributed by atoms with Crippen LogP contribution in [0.4, 0.5) is 0 Å². The van der Waals surface area contributed by atoms with Crippen LogP contribution in [0, 0.1) is 13.8 Å². The molecule has 3 heteroatoms. The standard InChI is InChI=1S/C17H19Cl2N/c1-11-7-8-12(2)13(9-11)10-16(20-3)14-5-4-6-15(18)17(14)19/h4-9,16,20H,10H2,1-3H3. The number of hydrogen-bond acceptors (Lipinski definition) is 1. The fourth-order valence-electron chi connectivity index (χ4n) is 2.40. The Morgan fingerprint density at radius 3 is 2.55 bits per heavy atom. The Morgan fingerprint density at radius 2 is 1.85 bits per heavy atom. The lowest BCUT2D eigenvalue weighted by molar-refractivity contribution is 0.590. The molecule has 1 unspecified atom stereocenters. The number of likely N-dealkylation sites (N-methyl/N-ethyl adjacent to an activating group) is 1. The minimum Gasteiger partial charge on any atom is -0.313 e. The molecule has 0 saturated heterocycles. The molecule has 0 aliphatic rings. The third kappa shape index (κ3) is 3.35. The van der Waals surface area contributed by atoms with Gasteiger partial charge in [0.1, 0.15) is 0 Å². The Labute approximate surface area is 130 Å². The summed E-state index contributed by atoms with van der Waals surface area (Å²) in [5.41, 5.74) is 4.95. The van der Waals surface area contributed by atoms with Crippen LogP contribution in [0.15, 0.2) is 36.4 Å². The molecule has 20 heavy (non-hydrogen) atoms. The molecule has 0 bridgehead atoms. The molecule has 2 aromatic carbocycles. The highest BCUT2D eigenvalue weighted by Gasteiger charge is 2.16. The van der Waals surface area contributed by atoms with E-state index >= 15 is 0 Å².